The molecule has 0 aliphatic rings. The molecule has 17 heavy (non-hydrogen) atoms. The third kappa shape index (κ3) is 4.59. The summed E-state index contributed by atoms with van der Waals surface area (Å²) in [6, 6.07) is 0. The predicted octanol–water partition coefficient (Wildman–Crippen LogP) is 4.18. The second-order valence-electron chi connectivity index (χ2n) is 5.67. The highest BCUT2D eigenvalue weighted by Gasteiger charge is 2.43. The highest BCUT2D eigenvalue weighted by molar-refractivity contribution is 4.97. The fourth-order valence-electron chi connectivity index (χ4n) is 3.22. The Morgan fingerprint density at radius 3 is 1.47 bits per heavy atom. The summed E-state index contributed by atoms with van der Waals surface area (Å²) < 4.78 is 0. The van der Waals surface area contributed by atoms with Gasteiger partial charge in [-0.05, 0) is 25.7 Å². The maximum Gasteiger partial charge on any atom is 0.0694 e. The maximum atomic E-state index is 6.50. The summed E-state index contributed by atoms with van der Waals surface area (Å²) in [6.07, 6.45) is 10.4. The molecular formula is C15H34N2. The molecule has 0 saturated heterocycles. The maximum absolute atomic E-state index is 6.50. The van der Waals surface area contributed by atoms with Crippen molar-refractivity contribution in [2.75, 3.05) is 0 Å². The standard InChI is InChI=1S/C15H34N2/c1-5-9-13-14(10-6-2,11-7-3)15(16,17)12-8-4/h5-13,16-17H2,1-4H3. The van der Waals surface area contributed by atoms with Crippen LogP contribution in [0.15, 0.2) is 0 Å². The highest BCUT2D eigenvalue weighted by Crippen LogP contribution is 2.43. The topological polar surface area (TPSA) is 52.0 Å². The molecule has 0 bridgehead atoms. The Kier molecular flexibility index (Phi) is 8.06. The Morgan fingerprint density at radius 1 is 0.647 bits per heavy atom. The van der Waals surface area contributed by atoms with Gasteiger partial charge in [-0.15, -0.1) is 0 Å². The van der Waals surface area contributed by atoms with Crippen LogP contribution in [0.1, 0.15) is 85.5 Å². The van der Waals surface area contributed by atoms with Crippen LogP contribution in [0.3, 0.4) is 0 Å². The SMILES string of the molecule is CCCCC(CCC)(CCC)C(N)(N)CCC. The van der Waals surface area contributed by atoms with Gasteiger partial charge < -0.3 is 11.5 Å². The van der Waals surface area contributed by atoms with Gasteiger partial charge >= 0.3 is 0 Å². The van der Waals surface area contributed by atoms with E-state index in [1.807, 2.05) is 0 Å². The molecule has 0 aliphatic carbocycles. The van der Waals surface area contributed by atoms with Crippen molar-refractivity contribution in [2.45, 2.75) is 91.1 Å². The third-order valence-electron chi connectivity index (χ3n) is 4.12. The molecule has 4 N–H and O–H groups in total. The fourth-order valence-corrected chi connectivity index (χ4v) is 3.22. The van der Waals surface area contributed by atoms with Gasteiger partial charge in [-0.1, -0.05) is 59.8 Å². The van der Waals surface area contributed by atoms with Gasteiger partial charge in [0.25, 0.3) is 0 Å². The van der Waals surface area contributed by atoms with E-state index in [1.54, 1.807) is 0 Å². The minimum atomic E-state index is -0.483. The molecule has 2 nitrogen and oxygen atoms in total. The largest absolute Gasteiger partial charge is 0.313 e. The number of hydrogen-bond donors (Lipinski definition) is 2. The average Bonchev–Trinajstić information content (AvgIpc) is 2.26. The van der Waals surface area contributed by atoms with Gasteiger partial charge in [-0.25, -0.2) is 0 Å². The van der Waals surface area contributed by atoms with E-state index in [4.69, 9.17) is 11.5 Å². The zero-order chi connectivity index (χ0) is 13.4. The van der Waals surface area contributed by atoms with Crippen LogP contribution in [0.2, 0.25) is 0 Å². The van der Waals surface area contributed by atoms with Crippen molar-refractivity contribution in [3.05, 3.63) is 0 Å². The molecule has 0 unspecified atom stereocenters. The quantitative estimate of drug-likeness (QED) is 0.565. The van der Waals surface area contributed by atoms with Gasteiger partial charge in [0.05, 0.1) is 5.66 Å². The second-order valence-corrected chi connectivity index (χ2v) is 5.67. The minimum absolute atomic E-state index is 0.155. The fraction of sp³-hybridized carbons (Fsp3) is 1.00. The van der Waals surface area contributed by atoms with E-state index in [0.717, 1.165) is 12.8 Å². The first kappa shape index (κ1) is 16.9. The number of unbranched alkanes of at least 4 members (excludes halogenated alkanes) is 1. The van der Waals surface area contributed by atoms with E-state index >= 15 is 0 Å². The first-order valence-electron chi connectivity index (χ1n) is 7.57. The van der Waals surface area contributed by atoms with Crippen molar-refractivity contribution in [1.82, 2.24) is 0 Å². The summed E-state index contributed by atoms with van der Waals surface area (Å²) in [5.74, 6) is 0. The Balaban J connectivity index is 4.97. The first-order chi connectivity index (χ1) is 7.99. The van der Waals surface area contributed by atoms with Crippen molar-refractivity contribution in [2.24, 2.45) is 16.9 Å². The predicted molar refractivity (Wildman–Crippen MR) is 77.8 cm³/mol. The van der Waals surface area contributed by atoms with Crippen LogP contribution in [0.5, 0.6) is 0 Å². The Labute approximate surface area is 109 Å². The summed E-state index contributed by atoms with van der Waals surface area (Å²) in [5, 5.41) is 0. The van der Waals surface area contributed by atoms with Crippen LogP contribution in [0.4, 0.5) is 0 Å². The van der Waals surface area contributed by atoms with Gasteiger partial charge in [0.1, 0.15) is 0 Å². The van der Waals surface area contributed by atoms with E-state index in [0.29, 0.717) is 0 Å². The van der Waals surface area contributed by atoms with Crippen LogP contribution < -0.4 is 11.5 Å². The number of hydrogen-bond acceptors (Lipinski definition) is 2. The zero-order valence-corrected chi connectivity index (χ0v) is 12.5. The van der Waals surface area contributed by atoms with Gasteiger partial charge in [-0.3, -0.25) is 0 Å². The Morgan fingerprint density at radius 2 is 1.12 bits per heavy atom. The van der Waals surface area contributed by atoms with Crippen LogP contribution >= 0.6 is 0 Å². The molecule has 0 radical (unpaired) electrons. The molecule has 0 saturated carbocycles. The molecule has 0 rings (SSSR count). The van der Waals surface area contributed by atoms with Crippen molar-refractivity contribution < 1.29 is 0 Å². The van der Waals surface area contributed by atoms with E-state index < -0.39 is 5.66 Å². The molecular weight excluding hydrogens is 208 g/mol. The smallest absolute Gasteiger partial charge is 0.0694 e. The van der Waals surface area contributed by atoms with Gasteiger partial charge in [0.15, 0.2) is 0 Å². The summed E-state index contributed by atoms with van der Waals surface area (Å²) in [4.78, 5) is 0. The molecule has 0 heterocycles. The molecule has 0 aromatic rings. The summed E-state index contributed by atoms with van der Waals surface area (Å²) in [6.45, 7) is 8.92. The second kappa shape index (κ2) is 8.10. The lowest BCUT2D eigenvalue weighted by Gasteiger charge is -2.47. The molecule has 0 amide bonds. The lowest BCUT2D eigenvalue weighted by atomic mass is 9.65. The highest BCUT2D eigenvalue weighted by atomic mass is 15.0. The van der Waals surface area contributed by atoms with E-state index in [1.165, 1.54) is 44.9 Å². The van der Waals surface area contributed by atoms with Gasteiger partial charge in [0.2, 0.25) is 0 Å². The Bertz CT molecular complexity index is 181. The van der Waals surface area contributed by atoms with Crippen molar-refractivity contribution in [3.63, 3.8) is 0 Å². The molecule has 0 aromatic heterocycles. The van der Waals surface area contributed by atoms with Crippen LogP contribution in [0, 0.1) is 5.41 Å². The molecule has 0 spiro atoms. The third-order valence-corrected chi connectivity index (χ3v) is 4.12. The molecule has 0 aliphatic heterocycles. The van der Waals surface area contributed by atoms with Gasteiger partial charge in [0, 0.05) is 5.41 Å². The van der Waals surface area contributed by atoms with Crippen LogP contribution in [0.25, 0.3) is 0 Å². The zero-order valence-electron chi connectivity index (χ0n) is 12.5. The lowest BCUT2D eigenvalue weighted by molar-refractivity contribution is 0.0709. The summed E-state index contributed by atoms with van der Waals surface area (Å²) in [5.41, 5.74) is 12.7. The summed E-state index contributed by atoms with van der Waals surface area (Å²) >= 11 is 0. The lowest BCUT2D eigenvalue weighted by Crippen LogP contribution is -2.62. The van der Waals surface area contributed by atoms with E-state index in [-0.39, 0.29) is 5.41 Å². The van der Waals surface area contributed by atoms with E-state index in [2.05, 4.69) is 27.7 Å². The van der Waals surface area contributed by atoms with Gasteiger partial charge in [-0.2, -0.15) is 0 Å². The minimum Gasteiger partial charge on any atom is -0.313 e. The number of rotatable bonds is 10. The molecule has 2 heteroatoms. The summed E-state index contributed by atoms with van der Waals surface area (Å²) in [7, 11) is 0. The van der Waals surface area contributed by atoms with Crippen LogP contribution in [-0.2, 0) is 0 Å². The van der Waals surface area contributed by atoms with Crippen molar-refractivity contribution in [3.8, 4) is 0 Å². The molecule has 104 valence electrons. The van der Waals surface area contributed by atoms with Crippen molar-refractivity contribution in [1.29, 1.82) is 0 Å². The average molecular weight is 242 g/mol. The van der Waals surface area contributed by atoms with Crippen molar-refractivity contribution >= 4 is 0 Å². The monoisotopic (exact) mass is 242 g/mol. The number of nitrogens with two attached hydrogens (primary N) is 2. The Hall–Kier alpha value is -0.0800. The molecule has 0 atom stereocenters. The molecule has 0 aromatic carbocycles. The normalized spacial score (nSPS) is 13.1. The van der Waals surface area contributed by atoms with E-state index in [9.17, 15) is 0 Å². The van der Waals surface area contributed by atoms with Crippen LogP contribution in [-0.4, -0.2) is 5.66 Å². The molecule has 0 fully saturated rings. The first-order valence-corrected chi connectivity index (χ1v) is 7.57.